The molecule has 25 heavy (non-hydrogen) atoms. The Hall–Kier alpha value is -3.16. The number of carboxylic acids is 1. The molecule has 0 saturated heterocycles. The molecule has 0 spiro atoms. The third-order valence-electron chi connectivity index (χ3n) is 4.31. The van der Waals surface area contributed by atoms with Crippen LogP contribution >= 0.6 is 0 Å². The molecular formula is C17H16N2O6. The van der Waals surface area contributed by atoms with Gasteiger partial charge in [0.25, 0.3) is 11.6 Å². The van der Waals surface area contributed by atoms with E-state index in [1.54, 1.807) is 19.9 Å². The summed E-state index contributed by atoms with van der Waals surface area (Å²) >= 11 is 0. The van der Waals surface area contributed by atoms with Gasteiger partial charge in [-0.2, -0.15) is 0 Å². The van der Waals surface area contributed by atoms with Crippen LogP contribution in [0.15, 0.2) is 22.8 Å². The van der Waals surface area contributed by atoms with Crippen molar-refractivity contribution in [3.8, 4) is 0 Å². The number of fused-ring (bicyclic) bond motifs is 1. The minimum Gasteiger partial charge on any atom is -0.481 e. The summed E-state index contributed by atoms with van der Waals surface area (Å²) in [6.45, 7) is 3.71. The summed E-state index contributed by atoms with van der Waals surface area (Å²) < 4.78 is 5.22. The van der Waals surface area contributed by atoms with E-state index < -0.39 is 23.2 Å². The van der Waals surface area contributed by atoms with Crippen molar-refractivity contribution in [3.63, 3.8) is 0 Å². The van der Waals surface area contributed by atoms with E-state index in [0.717, 1.165) is 5.56 Å². The molecule has 2 heterocycles. The zero-order valence-corrected chi connectivity index (χ0v) is 13.7. The molecule has 1 amide bonds. The normalized spacial score (nSPS) is 13.0. The molecule has 0 fully saturated rings. The second kappa shape index (κ2) is 6.04. The second-order valence-electron chi connectivity index (χ2n) is 6.02. The SMILES string of the molecule is Cc1cc2c(cc1[N+](=O)[O-])N(C(=O)c1c(C)coc1CC(=O)O)CC2. The van der Waals surface area contributed by atoms with Crippen molar-refractivity contribution in [2.75, 3.05) is 11.4 Å². The average molecular weight is 344 g/mol. The van der Waals surface area contributed by atoms with E-state index in [2.05, 4.69) is 0 Å². The number of nitro benzene ring substituents is 1. The summed E-state index contributed by atoms with van der Waals surface area (Å²) in [5.41, 5.74) is 2.59. The maximum absolute atomic E-state index is 13.0. The summed E-state index contributed by atoms with van der Waals surface area (Å²) in [4.78, 5) is 36.1. The summed E-state index contributed by atoms with van der Waals surface area (Å²) in [6.07, 6.45) is 1.54. The number of benzene rings is 1. The van der Waals surface area contributed by atoms with E-state index >= 15 is 0 Å². The Morgan fingerprint density at radius 3 is 2.68 bits per heavy atom. The van der Waals surface area contributed by atoms with Crippen molar-refractivity contribution in [1.29, 1.82) is 0 Å². The zero-order chi connectivity index (χ0) is 18.3. The van der Waals surface area contributed by atoms with Gasteiger partial charge in [0.2, 0.25) is 0 Å². The van der Waals surface area contributed by atoms with Crippen molar-refractivity contribution in [1.82, 2.24) is 0 Å². The number of hydrogen-bond acceptors (Lipinski definition) is 5. The average Bonchev–Trinajstić information content (AvgIpc) is 3.08. The van der Waals surface area contributed by atoms with Crippen molar-refractivity contribution >= 4 is 23.3 Å². The number of amides is 1. The molecule has 2 aromatic rings. The molecule has 1 aromatic carbocycles. The molecule has 8 nitrogen and oxygen atoms in total. The van der Waals surface area contributed by atoms with Crippen LogP contribution in [-0.2, 0) is 17.6 Å². The number of furan rings is 1. The fourth-order valence-electron chi connectivity index (χ4n) is 3.14. The molecule has 1 aromatic heterocycles. The maximum Gasteiger partial charge on any atom is 0.311 e. The molecule has 0 aliphatic carbocycles. The lowest BCUT2D eigenvalue weighted by Crippen LogP contribution is -2.30. The number of nitrogens with zero attached hydrogens (tertiary/aromatic N) is 2. The van der Waals surface area contributed by atoms with Crippen LogP contribution in [0.5, 0.6) is 0 Å². The van der Waals surface area contributed by atoms with Crippen molar-refractivity contribution < 1.29 is 24.0 Å². The first-order valence-corrected chi connectivity index (χ1v) is 7.68. The standard InChI is InChI=1S/C17H16N2O6/c1-9-5-11-3-4-18(13(11)6-12(9)19(23)24)17(22)16-10(2)8-25-14(16)7-15(20)21/h5-6,8H,3-4,7H2,1-2H3,(H,20,21). The summed E-state index contributed by atoms with van der Waals surface area (Å²) in [7, 11) is 0. The zero-order valence-electron chi connectivity index (χ0n) is 13.7. The van der Waals surface area contributed by atoms with E-state index in [4.69, 9.17) is 9.52 Å². The molecule has 1 aliphatic heterocycles. The van der Waals surface area contributed by atoms with Gasteiger partial charge in [-0.15, -0.1) is 0 Å². The first-order valence-electron chi connectivity index (χ1n) is 7.68. The second-order valence-corrected chi connectivity index (χ2v) is 6.02. The van der Waals surface area contributed by atoms with Gasteiger partial charge in [-0.3, -0.25) is 19.7 Å². The Morgan fingerprint density at radius 2 is 2.04 bits per heavy atom. The smallest absolute Gasteiger partial charge is 0.311 e. The van der Waals surface area contributed by atoms with Crippen LogP contribution in [0, 0.1) is 24.0 Å². The molecule has 0 bridgehead atoms. The van der Waals surface area contributed by atoms with E-state index in [-0.39, 0.29) is 17.0 Å². The lowest BCUT2D eigenvalue weighted by molar-refractivity contribution is -0.385. The monoisotopic (exact) mass is 344 g/mol. The number of nitro groups is 1. The van der Waals surface area contributed by atoms with Crippen LogP contribution in [0.3, 0.4) is 0 Å². The Balaban J connectivity index is 2.02. The van der Waals surface area contributed by atoms with Gasteiger partial charge >= 0.3 is 5.97 Å². The van der Waals surface area contributed by atoms with Crippen LogP contribution in [0.4, 0.5) is 11.4 Å². The molecule has 0 saturated carbocycles. The number of carbonyl (C=O) groups is 2. The van der Waals surface area contributed by atoms with Crippen molar-refractivity contribution in [3.05, 3.63) is 56.5 Å². The Kier molecular flexibility index (Phi) is 4.03. The van der Waals surface area contributed by atoms with Gasteiger partial charge in [0.05, 0.1) is 22.4 Å². The molecule has 8 heteroatoms. The molecule has 0 atom stereocenters. The van der Waals surface area contributed by atoms with Gasteiger partial charge in [0.1, 0.15) is 12.2 Å². The summed E-state index contributed by atoms with van der Waals surface area (Å²) in [6, 6.07) is 3.13. The number of rotatable bonds is 4. The first-order chi connectivity index (χ1) is 11.8. The van der Waals surface area contributed by atoms with E-state index in [1.165, 1.54) is 17.2 Å². The molecule has 0 radical (unpaired) electrons. The highest BCUT2D eigenvalue weighted by molar-refractivity contribution is 6.09. The number of aryl methyl sites for hydroxylation is 2. The summed E-state index contributed by atoms with van der Waals surface area (Å²) in [5.74, 6) is -1.42. The number of carbonyl (C=O) groups excluding carboxylic acids is 1. The largest absolute Gasteiger partial charge is 0.481 e. The molecular weight excluding hydrogens is 328 g/mol. The number of carboxylic acid groups (broad SMARTS) is 1. The predicted octanol–water partition coefficient (Wildman–Crippen LogP) is 2.63. The van der Waals surface area contributed by atoms with E-state index in [9.17, 15) is 19.7 Å². The quantitative estimate of drug-likeness (QED) is 0.673. The van der Waals surface area contributed by atoms with Crippen LogP contribution < -0.4 is 4.90 Å². The van der Waals surface area contributed by atoms with Crippen molar-refractivity contribution in [2.45, 2.75) is 26.7 Å². The van der Waals surface area contributed by atoms with Gasteiger partial charge in [0.15, 0.2) is 0 Å². The highest BCUT2D eigenvalue weighted by Crippen LogP contribution is 2.35. The molecule has 3 rings (SSSR count). The van der Waals surface area contributed by atoms with Crippen LogP contribution in [0.2, 0.25) is 0 Å². The Bertz CT molecular complexity index is 899. The van der Waals surface area contributed by atoms with Gasteiger partial charge in [0, 0.05) is 23.7 Å². The van der Waals surface area contributed by atoms with Crippen LogP contribution in [0.25, 0.3) is 0 Å². The maximum atomic E-state index is 13.0. The fraction of sp³-hybridized carbons (Fsp3) is 0.294. The third kappa shape index (κ3) is 2.86. The predicted molar refractivity (Wildman–Crippen MR) is 88.0 cm³/mol. The Labute approximate surface area is 142 Å². The molecule has 130 valence electrons. The summed E-state index contributed by atoms with van der Waals surface area (Å²) in [5, 5.41) is 20.2. The topological polar surface area (TPSA) is 114 Å². The van der Waals surface area contributed by atoms with Gasteiger partial charge in [-0.1, -0.05) is 0 Å². The minimum absolute atomic E-state index is 0.0480. The highest BCUT2D eigenvalue weighted by atomic mass is 16.6. The highest BCUT2D eigenvalue weighted by Gasteiger charge is 2.32. The third-order valence-corrected chi connectivity index (χ3v) is 4.31. The molecule has 0 unspecified atom stereocenters. The van der Waals surface area contributed by atoms with E-state index in [0.29, 0.717) is 29.8 Å². The minimum atomic E-state index is -1.10. The lowest BCUT2D eigenvalue weighted by atomic mass is 10.1. The number of aliphatic carboxylic acids is 1. The molecule has 1 N–H and O–H groups in total. The van der Waals surface area contributed by atoms with Crippen LogP contribution in [0.1, 0.15) is 32.8 Å². The van der Waals surface area contributed by atoms with Crippen LogP contribution in [-0.4, -0.2) is 28.5 Å². The first kappa shape index (κ1) is 16.7. The van der Waals surface area contributed by atoms with E-state index in [1.807, 2.05) is 0 Å². The van der Waals surface area contributed by atoms with Crippen molar-refractivity contribution in [2.24, 2.45) is 0 Å². The van der Waals surface area contributed by atoms with Gasteiger partial charge < -0.3 is 14.4 Å². The fourth-order valence-corrected chi connectivity index (χ4v) is 3.14. The van der Waals surface area contributed by atoms with Gasteiger partial charge in [-0.05, 0) is 31.9 Å². The Morgan fingerprint density at radius 1 is 1.32 bits per heavy atom. The number of hydrogen-bond donors (Lipinski definition) is 1. The number of anilines is 1. The molecule has 1 aliphatic rings. The van der Waals surface area contributed by atoms with Gasteiger partial charge in [-0.25, -0.2) is 0 Å². The lowest BCUT2D eigenvalue weighted by Gasteiger charge is -2.18.